The van der Waals surface area contributed by atoms with E-state index in [1.807, 2.05) is 0 Å². The number of sulfonamides is 1. The molecule has 0 saturated carbocycles. The van der Waals surface area contributed by atoms with E-state index in [4.69, 9.17) is 28.3 Å². The van der Waals surface area contributed by atoms with Gasteiger partial charge in [0.05, 0.1) is 5.02 Å². The smallest absolute Gasteiger partial charge is 0.241 e. The predicted octanol–water partition coefficient (Wildman–Crippen LogP) is 1.35. The lowest BCUT2D eigenvalue weighted by Crippen LogP contribution is -2.12. The Morgan fingerprint density at radius 3 is 2.31 bits per heavy atom. The van der Waals surface area contributed by atoms with Crippen molar-refractivity contribution >= 4 is 33.2 Å². The molecule has 0 amide bonds. The van der Waals surface area contributed by atoms with Gasteiger partial charge in [0.2, 0.25) is 10.0 Å². The van der Waals surface area contributed by atoms with E-state index in [0.29, 0.717) is 0 Å². The minimum Gasteiger partial charge on any atom is -0.505 e. The summed E-state index contributed by atoms with van der Waals surface area (Å²) in [5, 5.41) is 13.9. The van der Waals surface area contributed by atoms with Gasteiger partial charge in [-0.2, -0.15) is 0 Å². The zero-order chi connectivity index (χ0) is 10.2. The van der Waals surface area contributed by atoms with Crippen molar-refractivity contribution in [3.05, 3.63) is 22.2 Å². The van der Waals surface area contributed by atoms with E-state index in [0.717, 1.165) is 6.07 Å². The lowest BCUT2D eigenvalue weighted by molar-refractivity contribution is 0.459. The van der Waals surface area contributed by atoms with Crippen LogP contribution in [0, 0.1) is 0 Å². The Labute approximate surface area is 84.9 Å². The molecule has 0 aliphatic carbocycles. The fourth-order valence-electron chi connectivity index (χ4n) is 0.759. The maximum absolute atomic E-state index is 10.9. The van der Waals surface area contributed by atoms with Crippen LogP contribution in [0.1, 0.15) is 0 Å². The van der Waals surface area contributed by atoms with Gasteiger partial charge in [0.25, 0.3) is 0 Å². The van der Waals surface area contributed by atoms with Gasteiger partial charge in [0.1, 0.15) is 4.90 Å². The van der Waals surface area contributed by atoms with Crippen LogP contribution >= 0.6 is 23.2 Å². The Hall–Kier alpha value is -0.490. The molecule has 1 rings (SSSR count). The molecular formula is C6H5Cl2NO3S. The molecule has 3 N–H and O–H groups in total. The Kier molecular flexibility index (Phi) is 2.72. The fraction of sp³-hybridized carbons (Fsp3) is 0. The molecule has 0 spiro atoms. The summed E-state index contributed by atoms with van der Waals surface area (Å²) in [5.41, 5.74) is 0. The molecule has 13 heavy (non-hydrogen) atoms. The zero-order valence-electron chi connectivity index (χ0n) is 6.16. The van der Waals surface area contributed by atoms with Crippen LogP contribution < -0.4 is 5.14 Å². The van der Waals surface area contributed by atoms with Crippen LogP contribution in [0.5, 0.6) is 5.75 Å². The molecule has 0 saturated heterocycles. The van der Waals surface area contributed by atoms with Gasteiger partial charge < -0.3 is 5.11 Å². The molecule has 0 aromatic heterocycles. The Morgan fingerprint density at radius 1 is 1.31 bits per heavy atom. The van der Waals surface area contributed by atoms with Crippen molar-refractivity contribution in [2.24, 2.45) is 5.14 Å². The molecular weight excluding hydrogens is 237 g/mol. The minimum absolute atomic E-state index is 0.0897. The summed E-state index contributed by atoms with van der Waals surface area (Å²) < 4.78 is 21.7. The van der Waals surface area contributed by atoms with Crippen LogP contribution in [0.4, 0.5) is 0 Å². The standard InChI is InChI=1S/C6H5Cl2NO3S/c7-3-1-4(8)6(10)5(2-3)13(9,11)12/h1-2,10H,(H2,9,11,12). The number of rotatable bonds is 1. The van der Waals surface area contributed by atoms with Crippen LogP contribution in [0.2, 0.25) is 10.0 Å². The average Bonchev–Trinajstić information content (AvgIpc) is 1.94. The van der Waals surface area contributed by atoms with Gasteiger partial charge >= 0.3 is 0 Å². The number of benzene rings is 1. The number of aromatic hydroxyl groups is 1. The normalized spacial score (nSPS) is 11.6. The maximum Gasteiger partial charge on any atom is 0.241 e. The summed E-state index contributed by atoms with van der Waals surface area (Å²) in [6.07, 6.45) is 0. The molecule has 0 bridgehead atoms. The molecule has 4 nitrogen and oxygen atoms in total. The van der Waals surface area contributed by atoms with E-state index in [1.54, 1.807) is 0 Å². The van der Waals surface area contributed by atoms with E-state index in [1.165, 1.54) is 6.07 Å². The molecule has 1 aromatic rings. The van der Waals surface area contributed by atoms with Crippen molar-refractivity contribution in [2.75, 3.05) is 0 Å². The van der Waals surface area contributed by atoms with Crippen LogP contribution in [0.3, 0.4) is 0 Å². The first-order valence-corrected chi connectivity index (χ1v) is 5.33. The second-order valence-corrected chi connectivity index (χ2v) is 4.65. The van der Waals surface area contributed by atoms with Gasteiger partial charge in [-0.05, 0) is 12.1 Å². The highest BCUT2D eigenvalue weighted by atomic mass is 35.5. The molecule has 0 fully saturated rings. The number of hydrogen-bond acceptors (Lipinski definition) is 3. The third-order valence-corrected chi connectivity index (χ3v) is 2.73. The number of halogens is 2. The van der Waals surface area contributed by atoms with E-state index in [-0.39, 0.29) is 10.0 Å². The molecule has 1 aromatic carbocycles. The van der Waals surface area contributed by atoms with Crippen molar-refractivity contribution < 1.29 is 13.5 Å². The van der Waals surface area contributed by atoms with E-state index in [2.05, 4.69) is 0 Å². The second-order valence-electron chi connectivity index (χ2n) is 2.28. The van der Waals surface area contributed by atoms with Gasteiger partial charge in [-0.1, -0.05) is 23.2 Å². The van der Waals surface area contributed by atoms with E-state index >= 15 is 0 Å². The minimum atomic E-state index is -4.00. The molecule has 72 valence electrons. The van der Waals surface area contributed by atoms with E-state index in [9.17, 15) is 13.5 Å². The summed E-state index contributed by atoms with van der Waals surface area (Å²) >= 11 is 11.0. The van der Waals surface area contributed by atoms with E-state index < -0.39 is 20.7 Å². The molecule has 0 aliphatic heterocycles. The monoisotopic (exact) mass is 241 g/mol. The molecule has 0 radical (unpaired) electrons. The zero-order valence-corrected chi connectivity index (χ0v) is 8.49. The third kappa shape index (κ3) is 2.25. The first kappa shape index (κ1) is 10.6. The number of phenols is 1. The van der Waals surface area contributed by atoms with Gasteiger partial charge in [-0.3, -0.25) is 0 Å². The Morgan fingerprint density at radius 2 is 1.85 bits per heavy atom. The van der Waals surface area contributed by atoms with Gasteiger partial charge in [-0.25, -0.2) is 13.6 Å². The summed E-state index contributed by atoms with van der Waals surface area (Å²) in [6.45, 7) is 0. The largest absolute Gasteiger partial charge is 0.505 e. The molecule has 0 unspecified atom stereocenters. The summed E-state index contributed by atoms with van der Waals surface area (Å²) in [4.78, 5) is -0.481. The van der Waals surface area contributed by atoms with Crippen molar-refractivity contribution in [1.82, 2.24) is 0 Å². The SMILES string of the molecule is NS(=O)(=O)c1cc(Cl)cc(Cl)c1O. The van der Waals surface area contributed by atoms with Gasteiger partial charge in [0.15, 0.2) is 5.75 Å². The summed E-state index contributed by atoms with van der Waals surface area (Å²) in [5.74, 6) is -0.589. The van der Waals surface area contributed by atoms with Crippen LogP contribution in [0.15, 0.2) is 17.0 Å². The molecule has 0 heterocycles. The average molecular weight is 242 g/mol. The Bertz CT molecular complexity index is 443. The lowest BCUT2D eigenvalue weighted by Gasteiger charge is -2.03. The molecule has 0 atom stereocenters. The van der Waals surface area contributed by atoms with Gasteiger partial charge in [-0.15, -0.1) is 0 Å². The summed E-state index contributed by atoms with van der Waals surface area (Å²) in [7, 11) is -4.00. The van der Waals surface area contributed by atoms with Crippen molar-refractivity contribution in [1.29, 1.82) is 0 Å². The maximum atomic E-state index is 10.9. The summed E-state index contributed by atoms with van der Waals surface area (Å²) in [6, 6.07) is 2.24. The highest BCUT2D eigenvalue weighted by Crippen LogP contribution is 2.33. The second kappa shape index (κ2) is 3.34. The fourth-order valence-corrected chi connectivity index (χ4v) is 2.04. The molecule has 7 heteroatoms. The number of nitrogens with two attached hydrogens (primary N) is 1. The highest BCUT2D eigenvalue weighted by Gasteiger charge is 2.17. The number of hydrogen-bond donors (Lipinski definition) is 2. The van der Waals surface area contributed by atoms with Crippen molar-refractivity contribution in [3.63, 3.8) is 0 Å². The first-order valence-electron chi connectivity index (χ1n) is 3.03. The number of phenolic OH excluding ortho intramolecular Hbond substituents is 1. The molecule has 0 aliphatic rings. The van der Waals surface area contributed by atoms with Gasteiger partial charge in [0, 0.05) is 5.02 Å². The quantitative estimate of drug-likeness (QED) is 0.779. The predicted molar refractivity (Wildman–Crippen MR) is 49.5 cm³/mol. The number of primary sulfonamides is 1. The Balaban J connectivity index is 3.56. The third-order valence-electron chi connectivity index (χ3n) is 1.30. The van der Waals surface area contributed by atoms with Crippen LogP contribution in [-0.4, -0.2) is 13.5 Å². The van der Waals surface area contributed by atoms with Crippen molar-refractivity contribution in [3.8, 4) is 5.75 Å². The highest BCUT2D eigenvalue weighted by molar-refractivity contribution is 7.89. The van der Waals surface area contributed by atoms with Crippen LogP contribution in [-0.2, 0) is 10.0 Å². The van der Waals surface area contributed by atoms with Crippen LogP contribution in [0.25, 0.3) is 0 Å². The lowest BCUT2D eigenvalue weighted by atomic mass is 10.3. The van der Waals surface area contributed by atoms with Crippen molar-refractivity contribution in [2.45, 2.75) is 4.90 Å². The topological polar surface area (TPSA) is 80.4 Å². The first-order chi connectivity index (χ1) is 5.82.